The third-order valence-corrected chi connectivity index (χ3v) is 5.61. The summed E-state index contributed by atoms with van der Waals surface area (Å²) in [6, 6.07) is 7.35. The quantitative estimate of drug-likeness (QED) is 0.849. The highest BCUT2D eigenvalue weighted by Crippen LogP contribution is 2.28. The molecule has 1 aromatic rings. The zero-order valence-electron chi connectivity index (χ0n) is 15.0. The van der Waals surface area contributed by atoms with E-state index >= 15 is 0 Å². The minimum Gasteiger partial charge on any atom is -0.339 e. The predicted octanol–water partition coefficient (Wildman–Crippen LogP) is 2.64. The average molecular weight is 400 g/mol. The van der Waals surface area contributed by atoms with Gasteiger partial charge in [0.05, 0.1) is 12.0 Å². The van der Waals surface area contributed by atoms with Gasteiger partial charge in [0.1, 0.15) is 0 Å². The summed E-state index contributed by atoms with van der Waals surface area (Å²) in [5.74, 6) is 0.159. The van der Waals surface area contributed by atoms with Crippen molar-refractivity contribution in [2.75, 3.05) is 26.2 Å². The van der Waals surface area contributed by atoms with Crippen LogP contribution in [0.5, 0.6) is 0 Å². The van der Waals surface area contributed by atoms with Crippen LogP contribution in [0.4, 0.5) is 0 Å². The Kier molecular flexibility index (Phi) is 7.33. The van der Waals surface area contributed by atoms with Crippen molar-refractivity contribution in [2.45, 2.75) is 44.1 Å². The van der Waals surface area contributed by atoms with Gasteiger partial charge in [0.25, 0.3) is 0 Å². The summed E-state index contributed by atoms with van der Waals surface area (Å²) in [7, 11) is 0. The summed E-state index contributed by atoms with van der Waals surface area (Å²) in [6.45, 7) is 2.30. The Morgan fingerprint density at radius 1 is 0.962 bits per heavy atom. The number of piperazine rings is 1. The van der Waals surface area contributed by atoms with E-state index in [1.54, 1.807) is 12.1 Å². The minimum absolute atomic E-state index is 0. The predicted molar refractivity (Wildman–Crippen MR) is 106 cm³/mol. The molecule has 144 valence electrons. The van der Waals surface area contributed by atoms with E-state index in [2.05, 4.69) is 0 Å². The molecular formula is C19H27Cl2N3O2. The number of hydrogen-bond acceptors (Lipinski definition) is 3. The van der Waals surface area contributed by atoms with Crippen LogP contribution in [0.25, 0.3) is 0 Å². The highest BCUT2D eigenvalue weighted by molar-refractivity contribution is 6.30. The number of amides is 2. The lowest BCUT2D eigenvalue weighted by Gasteiger charge is -2.41. The maximum absolute atomic E-state index is 12.8. The second-order valence-electron chi connectivity index (χ2n) is 7.19. The maximum atomic E-state index is 12.8. The minimum atomic E-state index is -0.687. The SMILES string of the molecule is Cl.NC1(C(=O)N2CCN(C(=O)Cc3ccc(Cl)cc3)CC2)CCCCC1. The van der Waals surface area contributed by atoms with Crippen molar-refractivity contribution in [3.8, 4) is 0 Å². The van der Waals surface area contributed by atoms with Gasteiger partial charge in [-0.25, -0.2) is 0 Å². The van der Waals surface area contributed by atoms with Crippen LogP contribution in [0.1, 0.15) is 37.7 Å². The van der Waals surface area contributed by atoms with Gasteiger partial charge in [-0.05, 0) is 30.5 Å². The topological polar surface area (TPSA) is 66.6 Å². The first-order valence-electron chi connectivity index (χ1n) is 9.08. The molecule has 0 aromatic heterocycles. The summed E-state index contributed by atoms with van der Waals surface area (Å²) in [6.07, 6.45) is 5.15. The fourth-order valence-electron chi connectivity index (χ4n) is 3.76. The Morgan fingerprint density at radius 3 is 2.08 bits per heavy atom. The van der Waals surface area contributed by atoms with Gasteiger partial charge in [-0.1, -0.05) is 43.0 Å². The fraction of sp³-hybridized carbons (Fsp3) is 0.579. The lowest BCUT2D eigenvalue weighted by molar-refractivity contribution is -0.143. The number of carbonyl (C=O) groups is 2. The molecule has 1 aliphatic carbocycles. The molecule has 2 aliphatic rings. The molecule has 2 N–H and O–H groups in total. The molecule has 0 radical (unpaired) electrons. The lowest BCUT2D eigenvalue weighted by atomic mass is 9.81. The molecule has 0 spiro atoms. The Labute approximate surface area is 166 Å². The van der Waals surface area contributed by atoms with Crippen molar-refractivity contribution in [3.63, 3.8) is 0 Å². The Hall–Kier alpha value is -1.30. The van der Waals surface area contributed by atoms with E-state index in [0.29, 0.717) is 37.6 Å². The van der Waals surface area contributed by atoms with Crippen LogP contribution in [-0.4, -0.2) is 53.3 Å². The van der Waals surface area contributed by atoms with Crippen LogP contribution in [0.3, 0.4) is 0 Å². The van der Waals surface area contributed by atoms with Crippen molar-refractivity contribution < 1.29 is 9.59 Å². The number of halogens is 2. The third kappa shape index (κ3) is 4.90. The van der Waals surface area contributed by atoms with Crippen molar-refractivity contribution in [3.05, 3.63) is 34.9 Å². The highest BCUT2D eigenvalue weighted by atomic mass is 35.5. The lowest BCUT2D eigenvalue weighted by Crippen LogP contribution is -2.60. The number of benzene rings is 1. The van der Waals surface area contributed by atoms with Crippen molar-refractivity contribution in [1.29, 1.82) is 0 Å². The van der Waals surface area contributed by atoms with Crippen LogP contribution in [0.2, 0.25) is 5.02 Å². The van der Waals surface area contributed by atoms with Gasteiger partial charge in [0.2, 0.25) is 11.8 Å². The van der Waals surface area contributed by atoms with Gasteiger partial charge in [-0.3, -0.25) is 9.59 Å². The fourth-order valence-corrected chi connectivity index (χ4v) is 3.89. The van der Waals surface area contributed by atoms with Crippen molar-refractivity contribution in [2.24, 2.45) is 5.73 Å². The van der Waals surface area contributed by atoms with Crippen molar-refractivity contribution in [1.82, 2.24) is 9.80 Å². The van der Waals surface area contributed by atoms with Gasteiger partial charge < -0.3 is 15.5 Å². The summed E-state index contributed by atoms with van der Waals surface area (Å²) >= 11 is 5.87. The molecule has 1 aromatic carbocycles. The van der Waals surface area contributed by atoms with E-state index in [1.807, 2.05) is 21.9 Å². The van der Waals surface area contributed by atoms with E-state index in [4.69, 9.17) is 17.3 Å². The Morgan fingerprint density at radius 2 is 1.50 bits per heavy atom. The van der Waals surface area contributed by atoms with E-state index in [-0.39, 0.29) is 24.2 Å². The van der Waals surface area contributed by atoms with E-state index in [0.717, 1.165) is 31.2 Å². The molecule has 1 saturated carbocycles. The van der Waals surface area contributed by atoms with Crippen LogP contribution < -0.4 is 5.73 Å². The number of carbonyl (C=O) groups excluding carboxylic acids is 2. The second kappa shape index (κ2) is 9.07. The molecule has 1 saturated heterocycles. The van der Waals surface area contributed by atoms with Gasteiger partial charge in [-0.15, -0.1) is 12.4 Å². The van der Waals surface area contributed by atoms with Crippen LogP contribution >= 0.6 is 24.0 Å². The Balaban J connectivity index is 0.00000243. The monoisotopic (exact) mass is 399 g/mol. The summed E-state index contributed by atoms with van der Waals surface area (Å²) < 4.78 is 0. The number of nitrogens with zero attached hydrogens (tertiary/aromatic N) is 2. The summed E-state index contributed by atoms with van der Waals surface area (Å²) in [4.78, 5) is 28.9. The molecule has 0 unspecified atom stereocenters. The van der Waals surface area contributed by atoms with Gasteiger partial charge in [0, 0.05) is 31.2 Å². The first-order chi connectivity index (χ1) is 12.0. The first-order valence-corrected chi connectivity index (χ1v) is 9.46. The maximum Gasteiger partial charge on any atom is 0.242 e. The molecule has 26 heavy (non-hydrogen) atoms. The van der Waals surface area contributed by atoms with Crippen molar-refractivity contribution >= 4 is 35.8 Å². The Bertz CT molecular complexity index is 622. The van der Waals surface area contributed by atoms with Crippen LogP contribution in [0.15, 0.2) is 24.3 Å². The zero-order chi connectivity index (χ0) is 17.9. The summed E-state index contributed by atoms with van der Waals surface area (Å²) in [5, 5.41) is 0.668. The van der Waals surface area contributed by atoms with E-state index in [9.17, 15) is 9.59 Å². The number of rotatable bonds is 3. The van der Waals surface area contributed by atoms with Gasteiger partial charge in [0.15, 0.2) is 0 Å². The van der Waals surface area contributed by atoms with E-state index < -0.39 is 5.54 Å². The average Bonchev–Trinajstić information content (AvgIpc) is 2.64. The third-order valence-electron chi connectivity index (χ3n) is 5.36. The molecular weight excluding hydrogens is 373 g/mol. The molecule has 2 fully saturated rings. The van der Waals surface area contributed by atoms with Crippen LogP contribution in [0, 0.1) is 0 Å². The van der Waals surface area contributed by atoms with Gasteiger partial charge >= 0.3 is 0 Å². The van der Waals surface area contributed by atoms with Gasteiger partial charge in [-0.2, -0.15) is 0 Å². The molecule has 1 heterocycles. The standard InChI is InChI=1S/C19H26ClN3O2.ClH/c20-16-6-4-15(5-7-16)14-17(24)22-10-12-23(13-11-22)18(25)19(21)8-2-1-3-9-19;/h4-7H,1-3,8-14,21H2;1H. The summed E-state index contributed by atoms with van der Waals surface area (Å²) in [5.41, 5.74) is 6.63. The molecule has 5 nitrogen and oxygen atoms in total. The second-order valence-corrected chi connectivity index (χ2v) is 7.63. The molecule has 3 rings (SSSR count). The molecule has 0 bridgehead atoms. The zero-order valence-corrected chi connectivity index (χ0v) is 16.5. The smallest absolute Gasteiger partial charge is 0.242 e. The normalized spacial score (nSPS) is 19.6. The number of nitrogens with two attached hydrogens (primary N) is 1. The largest absolute Gasteiger partial charge is 0.339 e. The van der Waals surface area contributed by atoms with E-state index in [1.165, 1.54) is 6.42 Å². The molecule has 7 heteroatoms. The molecule has 2 amide bonds. The molecule has 1 aliphatic heterocycles. The highest BCUT2D eigenvalue weighted by Gasteiger charge is 2.39. The first kappa shape index (κ1) is 21.0. The molecule has 0 atom stereocenters. The number of hydrogen-bond donors (Lipinski definition) is 1. The van der Waals surface area contributed by atoms with Crippen LogP contribution in [-0.2, 0) is 16.0 Å².